The van der Waals surface area contributed by atoms with Crippen LogP contribution in [0.4, 0.5) is 0 Å². The van der Waals surface area contributed by atoms with E-state index in [1.807, 2.05) is 17.0 Å². The van der Waals surface area contributed by atoms with Crippen LogP contribution in [0.3, 0.4) is 0 Å². The van der Waals surface area contributed by atoms with Gasteiger partial charge in [-0.25, -0.2) is 0 Å². The summed E-state index contributed by atoms with van der Waals surface area (Å²) >= 11 is 12.4. The van der Waals surface area contributed by atoms with Gasteiger partial charge in [0.1, 0.15) is 0 Å². The van der Waals surface area contributed by atoms with Gasteiger partial charge in [0.05, 0.1) is 16.1 Å². The van der Waals surface area contributed by atoms with Crippen LogP contribution < -0.4 is 0 Å². The molecular weight excluding hydrogens is 391 g/mol. The molecule has 3 rings (SSSR count). The Bertz CT molecular complexity index is 673. The molecule has 0 saturated carbocycles. The zero-order valence-corrected chi connectivity index (χ0v) is 16.9. The van der Waals surface area contributed by atoms with Crippen molar-refractivity contribution < 1.29 is 19.8 Å². The Morgan fingerprint density at radius 1 is 1.33 bits per heavy atom. The maximum absolute atomic E-state index is 11.8. The normalized spacial score (nSPS) is 25.6. The summed E-state index contributed by atoms with van der Waals surface area (Å²) in [7, 11) is 0. The lowest BCUT2D eigenvalue weighted by atomic mass is 9.71. The Morgan fingerprint density at radius 2 is 2.04 bits per heavy atom. The summed E-state index contributed by atoms with van der Waals surface area (Å²) in [5.74, 6) is 0.0938. The van der Waals surface area contributed by atoms with Crippen molar-refractivity contribution in [3.05, 3.63) is 33.8 Å². The molecule has 0 aromatic heterocycles. The van der Waals surface area contributed by atoms with Gasteiger partial charge in [0, 0.05) is 45.1 Å². The van der Waals surface area contributed by atoms with Crippen molar-refractivity contribution >= 4 is 35.6 Å². The highest BCUT2D eigenvalue weighted by atomic mass is 35.5. The summed E-state index contributed by atoms with van der Waals surface area (Å²) in [6.07, 6.45) is 2.27. The zero-order chi connectivity index (χ0) is 20.0. The third-order valence-corrected chi connectivity index (χ3v) is 6.30. The zero-order valence-electron chi connectivity index (χ0n) is 15.4. The standard InChI is InChI=1S/C18H24Cl2N2O2.CH2O2/c1-13(23)22-8-3-7-18(12-22)11-21(9-6-16(18)24)10-14-4-2-5-15(19)17(14)20;2-1-3/h2,4-5,16,24H,3,6-12H2,1H3;1H,(H,2,3)/t16-,18-;/m1./s1. The summed E-state index contributed by atoms with van der Waals surface area (Å²) in [6.45, 7) is 5.12. The van der Waals surface area contributed by atoms with E-state index in [0.29, 0.717) is 23.1 Å². The van der Waals surface area contributed by atoms with E-state index < -0.39 is 0 Å². The molecule has 2 atom stereocenters. The lowest BCUT2D eigenvalue weighted by molar-refractivity contribution is -0.139. The maximum atomic E-state index is 11.8. The second-order valence-corrected chi connectivity index (χ2v) is 8.03. The Morgan fingerprint density at radius 3 is 2.70 bits per heavy atom. The lowest BCUT2D eigenvalue weighted by Crippen LogP contribution is -2.59. The van der Waals surface area contributed by atoms with Gasteiger partial charge in [-0.05, 0) is 30.9 Å². The molecule has 1 amide bonds. The fourth-order valence-corrected chi connectivity index (χ4v) is 4.50. The van der Waals surface area contributed by atoms with Crippen molar-refractivity contribution in [2.75, 3.05) is 26.2 Å². The molecule has 0 radical (unpaired) electrons. The van der Waals surface area contributed by atoms with Gasteiger partial charge in [-0.2, -0.15) is 0 Å². The van der Waals surface area contributed by atoms with Crippen LogP contribution >= 0.6 is 23.2 Å². The molecule has 6 nitrogen and oxygen atoms in total. The van der Waals surface area contributed by atoms with Crippen molar-refractivity contribution in [2.24, 2.45) is 5.41 Å². The van der Waals surface area contributed by atoms with E-state index >= 15 is 0 Å². The van der Waals surface area contributed by atoms with Crippen molar-refractivity contribution in [1.29, 1.82) is 0 Å². The number of benzene rings is 1. The van der Waals surface area contributed by atoms with Crippen LogP contribution in [0.1, 0.15) is 31.7 Å². The Balaban J connectivity index is 0.000000817. The Hall–Kier alpha value is -1.34. The number of carbonyl (C=O) groups is 2. The number of nitrogens with zero attached hydrogens (tertiary/aromatic N) is 2. The van der Waals surface area contributed by atoms with Crippen LogP contribution in [0.5, 0.6) is 0 Å². The number of carbonyl (C=O) groups excluding carboxylic acids is 1. The van der Waals surface area contributed by atoms with Crippen LogP contribution in [0.15, 0.2) is 18.2 Å². The van der Waals surface area contributed by atoms with Crippen molar-refractivity contribution in [3.8, 4) is 0 Å². The van der Waals surface area contributed by atoms with Crippen molar-refractivity contribution in [2.45, 2.75) is 38.8 Å². The van der Waals surface area contributed by atoms with Crippen molar-refractivity contribution in [3.63, 3.8) is 0 Å². The maximum Gasteiger partial charge on any atom is 0.290 e. The van der Waals surface area contributed by atoms with Gasteiger partial charge in [-0.15, -0.1) is 0 Å². The topological polar surface area (TPSA) is 81.1 Å². The molecular formula is C19H26Cl2N2O4. The van der Waals surface area contributed by atoms with Gasteiger partial charge in [0.15, 0.2) is 0 Å². The van der Waals surface area contributed by atoms with Crippen LogP contribution in [-0.2, 0) is 16.1 Å². The molecule has 2 heterocycles. The number of hydrogen-bond acceptors (Lipinski definition) is 4. The molecule has 1 aromatic carbocycles. The van der Waals surface area contributed by atoms with E-state index in [4.69, 9.17) is 33.1 Å². The first-order valence-electron chi connectivity index (χ1n) is 8.99. The first kappa shape index (κ1) is 22.0. The summed E-state index contributed by atoms with van der Waals surface area (Å²) in [5.41, 5.74) is 0.780. The van der Waals surface area contributed by atoms with E-state index in [0.717, 1.165) is 44.5 Å². The molecule has 1 aromatic rings. The van der Waals surface area contributed by atoms with Crippen molar-refractivity contribution in [1.82, 2.24) is 9.80 Å². The van der Waals surface area contributed by atoms with Gasteiger partial charge in [-0.1, -0.05) is 35.3 Å². The molecule has 2 saturated heterocycles. The fraction of sp³-hybridized carbons (Fsp3) is 0.579. The lowest BCUT2D eigenvalue weighted by Gasteiger charge is -2.51. The van der Waals surface area contributed by atoms with E-state index in [-0.39, 0.29) is 23.9 Å². The number of likely N-dealkylation sites (tertiary alicyclic amines) is 2. The van der Waals surface area contributed by atoms with Crippen LogP contribution in [0, 0.1) is 5.41 Å². The van der Waals surface area contributed by atoms with E-state index in [1.54, 1.807) is 13.0 Å². The number of halogens is 2. The van der Waals surface area contributed by atoms with Crippen LogP contribution in [-0.4, -0.2) is 64.7 Å². The molecule has 8 heteroatoms. The van der Waals surface area contributed by atoms with Gasteiger partial charge in [-0.3, -0.25) is 14.5 Å². The monoisotopic (exact) mass is 416 g/mol. The van der Waals surface area contributed by atoms with E-state index in [1.165, 1.54) is 0 Å². The molecule has 150 valence electrons. The summed E-state index contributed by atoms with van der Waals surface area (Å²) in [5, 5.41) is 18.7. The Labute approximate surface area is 169 Å². The molecule has 0 aliphatic carbocycles. The smallest absolute Gasteiger partial charge is 0.290 e. The minimum absolute atomic E-state index is 0.0938. The number of aliphatic hydroxyl groups is 1. The number of carboxylic acid groups (broad SMARTS) is 1. The average molecular weight is 417 g/mol. The van der Waals surface area contributed by atoms with E-state index in [2.05, 4.69) is 4.90 Å². The van der Waals surface area contributed by atoms with Gasteiger partial charge >= 0.3 is 0 Å². The second-order valence-electron chi connectivity index (χ2n) is 7.24. The Kier molecular flexibility index (Phi) is 7.91. The first-order chi connectivity index (χ1) is 12.8. The molecule has 0 bridgehead atoms. The number of rotatable bonds is 2. The molecule has 1 spiro atoms. The third-order valence-electron chi connectivity index (χ3n) is 5.44. The quantitative estimate of drug-likeness (QED) is 0.724. The summed E-state index contributed by atoms with van der Waals surface area (Å²) in [4.78, 5) is 24.4. The average Bonchev–Trinajstić information content (AvgIpc) is 2.63. The van der Waals surface area contributed by atoms with Crippen LogP contribution in [0.25, 0.3) is 0 Å². The highest BCUT2D eigenvalue weighted by Crippen LogP contribution is 2.39. The highest BCUT2D eigenvalue weighted by molar-refractivity contribution is 6.42. The fourth-order valence-electron chi connectivity index (χ4n) is 4.12. The highest BCUT2D eigenvalue weighted by Gasteiger charge is 2.45. The largest absolute Gasteiger partial charge is 0.483 e. The minimum atomic E-state index is -0.356. The van der Waals surface area contributed by atoms with Crippen LogP contribution in [0.2, 0.25) is 10.0 Å². The second kappa shape index (κ2) is 9.73. The molecule has 0 unspecified atom stereocenters. The number of piperidine rings is 2. The molecule has 2 N–H and O–H groups in total. The summed E-state index contributed by atoms with van der Waals surface area (Å²) < 4.78 is 0. The first-order valence-corrected chi connectivity index (χ1v) is 9.75. The minimum Gasteiger partial charge on any atom is -0.483 e. The molecule has 2 aliphatic heterocycles. The molecule has 27 heavy (non-hydrogen) atoms. The van der Waals surface area contributed by atoms with Gasteiger partial charge in [0.25, 0.3) is 6.47 Å². The SMILES string of the molecule is CC(=O)N1CCC[C@@]2(CN(Cc3cccc(Cl)c3Cl)CC[C@H]2O)C1.O=CO. The molecule has 2 fully saturated rings. The van der Waals surface area contributed by atoms with Gasteiger partial charge in [0.2, 0.25) is 5.91 Å². The predicted molar refractivity (Wildman–Crippen MR) is 105 cm³/mol. The number of hydrogen-bond donors (Lipinski definition) is 2. The predicted octanol–water partition coefficient (Wildman–Crippen LogP) is 2.89. The number of aliphatic hydroxyl groups excluding tert-OH is 1. The molecule has 2 aliphatic rings. The number of amides is 1. The van der Waals surface area contributed by atoms with Gasteiger partial charge < -0.3 is 15.1 Å². The summed E-state index contributed by atoms with van der Waals surface area (Å²) in [6, 6.07) is 5.70. The third kappa shape index (κ3) is 5.35. The van der Waals surface area contributed by atoms with E-state index in [9.17, 15) is 9.90 Å².